The van der Waals surface area contributed by atoms with Crippen molar-refractivity contribution >= 4 is 6.03 Å². The molecule has 0 aliphatic rings. The lowest BCUT2D eigenvalue weighted by molar-refractivity contribution is 0.213. The van der Waals surface area contributed by atoms with Crippen LogP contribution in [-0.2, 0) is 5.41 Å². The molecule has 0 heterocycles. The fourth-order valence-electron chi connectivity index (χ4n) is 1.82. The maximum absolute atomic E-state index is 12.9. The number of rotatable bonds is 6. The first kappa shape index (κ1) is 16.4. The van der Waals surface area contributed by atoms with Gasteiger partial charge in [-0.1, -0.05) is 32.9 Å². The van der Waals surface area contributed by atoms with E-state index in [4.69, 9.17) is 5.11 Å². The molecule has 0 aromatic heterocycles. The number of aliphatic hydroxyl groups is 1. The second-order valence-electron chi connectivity index (χ2n) is 5.51. The summed E-state index contributed by atoms with van der Waals surface area (Å²) in [4.78, 5) is 11.7. The molecule has 1 atom stereocenters. The fourth-order valence-corrected chi connectivity index (χ4v) is 1.82. The van der Waals surface area contributed by atoms with Gasteiger partial charge in [0.25, 0.3) is 0 Å². The van der Waals surface area contributed by atoms with E-state index in [1.165, 1.54) is 12.1 Å². The zero-order chi connectivity index (χ0) is 15.2. The number of nitrogens with one attached hydrogen (secondary N) is 2. The van der Waals surface area contributed by atoms with Crippen LogP contribution in [0.3, 0.4) is 0 Å². The Bertz CT molecular complexity index is 428. The van der Waals surface area contributed by atoms with Gasteiger partial charge in [-0.05, 0) is 24.1 Å². The van der Waals surface area contributed by atoms with Gasteiger partial charge in [-0.15, -0.1) is 0 Å². The van der Waals surface area contributed by atoms with Crippen LogP contribution in [0.25, 0.3) is 0 Å². The Hall–Kier alpha value is -1.62. The summed E-state index contributed by atoms with van der Waals surface area (Å²) >= 11 is 0. The van der Waals surface area contributed by atoms with Crippen molar-refractivity contribution in [1.29, 1.82) is 0 Å². The summed E-state index contributed by atoms with van der Waals surface area (Å²) in [5, 5.41) is 14.5. The standard InChI is InChI=1S/C15H23FN2O2/c1-4-13(9-19)18-14(20)17-10-15(2,3)11-5-7-12(16)8-6-11/h5-8,13,19H,4,9-10H2,1-3H3,(H2,17,18,20). The van der Waals surface area contributed by atoms with E-state index in [-0.39, 0.29) is 29.9 Å². The van der Waals surface area contributed by atoms with Gasteiger partial charge in [-0.2, -0.15) is 0 Å². The average Bonchev–Trinajstić information content (AvgIpc) is 2.43. The highest BCUT2D eigenvalue weighted by atomic mass is 19.1. The molecule has 0 bridgehead atoms. The number of hydrogen-bond donors (Lipinski definition) is 3. The van der Waals surface area contributed by atoms with Crippen LogP contribution in [0.1, 0.15) is 32.8 Å². The molecule has 0 saturated carbocycles. The zero-order valence-corrected chi connectivity index (χ0v) is 12.2. The molecule has 3 N–H and O–H groups in total. The first-order valence-electron chi connectivity index (χ1n) is 6.80. The number of carbonyl (C=O) groups is 1. The van der Waals surface area contributed by atoms with E-state index in [2.05, 4.69) is 10.6 Å². The number of urea groups is 1. The van der Waals surface area contributed by atoms with E-state index >= 15 is 0 Å². The summed E-state index contributed by atoms with van der Waals surface area (Å²) in [6, 6.07) is 5.73. The van der Waals surface area contributed by atoms with Crippen molar-refractivity contribution in [2.45, 2.75) is 38.6 Å². The minimum Gasteiger partial charge on any atom is -0.394 e. The fraction of sp³-hybridized carbons (Fsp3) is 0.533. The summed E-state index contributed by atoms with van der Waals surface area (Å²) in [6.07, 6.45) is 0.672. The molecule has 0 spiro atoms. The molecule has 0 aliphatic heterocycles. The predicted octanol–water partition coefficient (Wildman–Crippen LogP) is 2.17. The average molecular weight is 282 g/mol. The van der Waals surface area contributed by atoms with Crippen LogP contribution in [-0.4, -0.2) is 30.3 Å². The molecule has 0 saturated heterocycles. The Morgan fingerprint density at radius 1 is 1.35 bits per heavy atom. The summed E-state index contributed by atoms with van der Waals surface area (Å²) in [5.41, 5.74) is 0.653. The lowest BCUT2D eigenvalue weighted by atomic mass is 9.84. The molecule has 1 unspecified atom stereocenters. The van der Waals surface area contributed by atoms with Gasteiger partial charge in [0.2, 0.25) is 0 Å². The van der Waals surface area contributed by atoms with E-state index < -0.39 is 0 Å². The molecule has 112 valence electrons. The van der Waals surface area contributed by atoms with Crippen LogP contribution in [0.15, 0.2) is 24.3 Å². The van der Waals surface area contributed by atoms with E-state index in [1.54, 1.807) is 12.1 Å². The Balaban J connectivity index is 2.54. The molecule has 1 rings (SSSR count). The number of benzene rings is 1. The summed E-state index contributed by atoms with van der Waals surface area (Å²) in [6.45, 7) is 6.19. The van der Waals surface area contributed by atoms with E-state index in [0.717, 1.165) is 5.56 Å². The molecule has 20 heavy (non-hydrogen) atoms. The van der Waals surface area contributed by atoms with Crippen molar-refractivity contribution < 1.29 is 14.3 Å². The van der Waals surface area contributed by atoms with Crippen LogP contribution < -0.4 is 10.6 Å². The number of halogens is 1. The van der Waals surface area contributed by atoms with Gasteiger partial charge in [-0.3, -0.25) is 0 Å². The monoisotopic (exact) mass is 282 g/mol. The normalized spacial score (nSPS) is 12.8. The number of amides is 2. The van der Waals surface area contributed by atoms with Crippen molar-refractivity contribution in [2.24, 2.45) is 0 Å². The molecule has 1 aromatic rings. The van der Waals surface area contributed by atoms with Crippen LogP contribution in [0.2, 0.25) is 0 Å². The maximum atomic E-state index is 12.9. The van der Waals surface area contributed by atoms with Crippen molar-refractivity contribution in [3.63, 3.8) is 0 Å². The Morgan fingerprint density at radius 3 is 2.45 bits per heavy atom. The highest BCUT2D eigenvalue weighted by Gasteiger charge is 2.21. The smallest absolute Gasteiger partial charge is 0.315 e. The van der Waals surface area contributed by atoms with Crippen LogP contribution in [0.5, 0.6) is 0 Å². The van der Waals surface area contributed by atoms with Gasteiger partial charge in [0.1, 0.15) is 5.82 Å². The number of hydrogen-bond acceptors (Lipinski definition) is 2. The predicted molar refractivity (Wildman–Crippen MR) is 77.1 cm³/mol. The Labute approximate surface area is 119 Å². The van der Waals surface area contributed by atoms with Gasteiger partial charge in [0.15, 0.2) is 0 Å². The molecular formula is C15H23FN2O2. The third-order valence-corrected chi connectivity index (χ3v) is 3.36. The second-order valence-corrected chi connectivity index (χ2v) is 5.51. The largest absolute Gasteiger partial charge is 0.394 e. The topological polar surface area (TPSA) is 61.4 Å². The lowest BCUT2D eigenvalue weighted by Gasteiger charge is -2.26. The van der Waals surface area contributed by atoms with Gasteiger partial charge >= 0.3 is 6.03 Å². The number of aliphatic hydroxyl groups excluding tert-OH is 1. The zero-order valence-electron chi connectivity index (χ0n) is 12.2. The Kier molecular flexibility index (Phi) is 5.95. The summed E-state index contributed by atoms with van der Waals surface area (Å²) < 4.78 is 12.9. The van der Waals surface area contributed by atoms with Gasteiger partial charge in [0.05, 0.1) is 12.6 Å². The molecule has 2 amide bonds. The second kappa shape index (κ2) is 7.24. The van der Waals surface area contributed by atoms with Crippen molar-refractivity contribution in [3.8, 4) is 0 Å². The minimum atomic E-state index is -0.305. The van der Waals surface area contributed by atoms with Crippen molar-refractivity contribution in [1.82, 2.24) is 10.6 Å². The lowest BCUT2D eigenvalue weighted by Crippen LogP contribution is -2.47. The SMILES string of the molecule is CCC(CO)NC(=O)NCC(C)(C)c1ccc(F)cc1. The van der Waals surface area contributed by atoms with Gasteiger partial charge in [0, 0.05) is 12.0 Å². The number of carbonyl (C=O) groups excluding carboxylic acids is 1. The molecule has 1 aromatic carbocycles. The summed E-state index contributed by atoms with van der Waals surface area (Å²) in [5.74, 6) is -0.274. The van der Waals surface area contributed by atoms with Crippen molar-refractivity contribution in [3.05, 3.63) is 35.6 Å². The Morgan fingerprint density at radius 2 is 1.95 bits per heavy atom. The molecular weight excluding hydrogens is 259 g/mol. The van der Waals surface area contributed by atoms with Crippen LogP contribution in [0, 0.1) is 5.82 Å². The third kappa shape index (κ3) is 4.81. The van der Waals surface area contributed by atoms with Crippen LogP contribution >= 0.6 is 0 Å². The van der Waals surface area contributed by atoms with E-state index in [1.807, 2.05) is 20.8 Å². The van der Waals surface area contributed by atoms with E-state index in [9.17, 15) is 9.18 Å². The summed E-state index contributed by atoms with van der Waals surface area (Å²) in [7, 11) is 0. The highest BCUT2D eigenvalue weighted by molar-refractivity contribution is 5.74. The molecule has 0 radical (unpaired) electrons. The molecule has 5 heteroatoms. The molecule has 0 fully saturated rings. The first-order valence-corrected chi connectivity index (χ1v) is 6.80. The van der Waals surface area contributed by atoms with Crippen molar-refractivity contribution in [2.75, 3.05) is 13.2 Å². The van der Waals surface area contributed by atoms with Crippen LogP contribution in [0.4, 0.5) is 9.18 Å². The third-order valence-electron chi connectivity index (χ3n) is 3.36. The van der Waals surface area contributed by atoms with Gasteiger partial charge in [-0.25, -0.2) is 9.18 Å². The van der Waals surface area contributed by atoms with E-state index in [0.29, 0.717) is 13.0 Å². The quantitative estimate of drug-likeness (QED) is 0.749. The first-order chi connectivity index (χ1) is 9.39. The molecule has 0 aliphatic carbocycles. The maximum Gasteiger partial charge on any atom is 0.315 e. The van der Waals surface area contributed by atoms with Gasteiger partial charge < -0.3 is 15.7 Å². The highest BCUT2D eigenvalue weighted by Crippen LogP contribution is 2.22. The minimum absolute atomic E-state index is 0.0781. The molecule has 4 nitrogen and oxygen atoms in total.